The molecule has 0 radical (unpaired) electrons. The van der Waals surface area contributed by atoms with E-state index in [2.05, 4.69) is 30.5 Å². The predicted octanol–water partition coefficient (Wildman–Crippen LogP) is 5.20. The van der Waals surface area contributed by atoms with Crippen LogP contribution in [0.3, 0.4) is 0 Å². The molecule has 156 valence electrons. The minimum Gasteiger partial charge on any atom is -0.463 e. The third kappa shape index (κ3) is 3.35. The van der Waals surface area contributed by atoms with E-state index >= 15 is 0 Å². The molecular formula is C20H13F3N6O2. The highest BCUT2D eigenvalue weighted by atomic mass is 19.1. The highest BCUT2D eigenvalue weighted by Gasteiger charge is 2.20. The van der Waals surface area contributed by atoms with Gasteiger partial charge in [-0.2, -0.15) is 14.5 Å². The third-order valence-electron chi connectivity index (χ3n) is 4.48. The maximum absolute atomic E-state index is 14.9. The standard InChI is InChI=1S/C20H13F3N6O2/c1-9-5-10-16(22)14(6-11(21)18(10)26-9)31-20-17(23)19(24-8-25-20)27-15-7-12(28-29-15)13-3-2-4-30-13/h2-8,26H,1H3,(H2,24,25,27,28,29). The fourth-order valence-corrected chi connectivity index (χ4v) is 3.09. The molecule has 0 saturated carbocycles. The maximum atomic E-state index is 14.9. The topological polar surface area (TPSA) is 105 Å². The van der Waals surface area contributed by atoms with E-state index in [0.717, 1.165) is 12.4 Å². The lowest BCUT2D eigenvalue weighted by atomic mass is 10.2. The first-order valence-electron chi connectivity index (χ1n) is 9.01. The van der Waals surface area contributed by atoms with Crippen LogP contribution >= 0.6 is 0 Å². The molecule has 0 bridgehead atoms. The largest absolute Gasteiger partial charge is 0.463 e. The molecule has 0 aliphatic rings. The third-order valence-corrected chi connectivity index (χ3v) is 4.48. The van der Waals surface area contributed by atoms with Gasteiger partial charge >= 0.3 is 0 Å². The summed E-state index contributed by atoms with van der Waals surface area (Å²) in [4.78, 5) is 10.2. The molecule has 0 amide bonds. The Morgan fingerprint density at radius 1 is 1.10 bits per heavy atom. The Labute approximate surface area is 172 Å². The van der Waals surface area contributed by atoms with E-state index in [4.69, 9.17) is 9.15 Å². The highest BCUT2D eigenvalue weighted by Crippen LogP contribution is 2.34. The fourth-order valence-electron chi connectivity index (χ4n) is 3.09. The van der Waals surface area contributed by atoms with Gasteiger partial charge in [0.2, 0.25) is 5.82 Å². The number of nitrogens with zero attached hydrogens (tertiary/aromatic N) is 3. The molecule has 8 nitrogen and oxygen atoms in total. The summed E-state index contributed by atoms with van der Waals surface area (Å²) in [5, 5.41) is 9.41. The Morgan fingerprint density at radius 2 is 1.97 bits per heavy atom. The SMILES string of the molecule is Cc1cc2c(F)c(Oc3ncnc(Nc4cc(-c5ccco5)[nH]n4)c3F)cc(F)c2[nH]1. The summed E-state index contributed by atoms with van der Waals surface area (Å²) in [5.74, 6) is -3.15. The van der Waals surface area contributed by atoms with Gasteiger partial charge in [0, 0.05) is 23.2 Å². The Hall–Kier alpha value is -4.28. The number of ether oxygens (including phenoxy) is 1. The number of nitrogens with one attached hydrogen (secondary N) is 3. The van der Waals surface area contributed by atoms with Crippen molar-refractivity contribution in [1.82, 2.24) is 25.1 Å². The number of halogens is 3. The van der Waals surface area contributed by atoms with E-state index in [1.807, 2.05) is 0 Å². The van der Waals surface area contributed by atoms with Gasteiger partial charge in [0.15, 0.2) is 34.8 Å². The van der Waals surface area contributed by atoms with Crippen molar-refractivity contribution in [2.24, 2.45) is 0 Å². The molecular weight excluding hydrogens is 413 g/mol. The van der Waals surface area contributed by atoms with E-state index in [-0.39, 0.29) is 22.5 Å². The van der Waals surface area contributed by atoms with Crippen molar-refractivity contribution in [2.45, 2.75) is 6.92 Å². The maximum Gasteiger partial charge on any atom is 0.261 e. The van der Waals surface area contributed by atoms with Crippen LogP contribution < -0.4 is 10.1 Å². The van der Waals surface area contributed by atoms with Gasteiger partial charge in [-0.25, -0.2) is 13.8 Å². The molecule has 0 spiro atoms. The second-order valence-corrected chi connectivity index (χ2v) is 6.62. The molecule has 0 unspecified atom stereocenters. The molecule has 0 saturated heterocycles. The molecule has 0 aliphatic heterocycles. The summed E-state index contributed by atoms with van der Waals surface area (Å²) in [7, 11) is 0. The molecule has 1 aromatic carbocycles. The van der Waals surface area contributed by atoms with Crippen molar-refractivity contribution in [3.63, 3.8) is 0 Å². The van der Waals surface area contributed by atoms with Crippen LogP contribution in [0.4, 0.5) is 24.8 Å². The number of rotatable bonds is 5. The Balaban J connectivity index is 1.44. The van der Waals surface area contributed by atoms with E-state index < -0.39 is 29.1 Å². The number of hydrogen-bond acceptors (Lipinski definition) is 6. The normalized spacial score (nSPS) is 11.2. The molecule has 4 aromatic heterocycles. The number of fused-ring (bicyclic) bond motifs is 1. The monoisotopic (exact) mass is 426 g/mol. The molecule has 0 atom stereocenters. The van der Waals surface area contributed by atoms with Gasteiger partial charge in [-0.15, -0.1) is 0 Å². The Kier molecular flexibility index (Phi) is 4.35. The lowest BCUT2D eigenvalue weighted by Gasteiger charge is -2.10. The lowest BCUT2D eigenvalue weighted by molar-refractivity contribution is 0.397. The first-order chi connectivity index (χ1) is 15.0. The van der Waals surface area contributed by atoms with Gasteiger partial charge in [0.25, 0.3) is 5.88 Å². The molecule has 11 heteroatoms. The van der Waals surface area contributed by atoms with E-state index in [1.165, 1.54) is 12.3 Å². The summed E-state index contributed by atoms with van der Waals surface area (Å²) in [5.41, 5.74) is 1.13. The Morgan fingerprint density at radius 3 is 2.77 bits per heavy atom. The van der Waals surface area contributed by atoms with Crippen molar-refractivity contribution in [1.29, 1.82) is 0 Å². The smallest absolute Gasteiger partial charge is 0.261 e. The van der Waals surface area contributed by atoms with Crippen LogP contribution in [0, 0.1) is 24.4 Å². The van der Waals surface area contributed by atoms with Gasteiger partial charge in [-0.3, -0.25) is 5.10 Å². The van der Waals surface area contributed by atoms with Crippen LogP contribution in [-0.4, -0.2) is 25.1 Å². The second kappa shape index (κ2) is 7.20. The number of benzene rings is 1. The van der Waals surface area contributed by atoms with E-state index in [1.54, 1.807) is 25.1 Å². The number of H-pyrrole nitrogens is 2. The van der Waals surface area contributed by atoms with Gasteiger partial charge in [-0.1, -0.05) is 0 Å². The molecule has 0 fully saturated rings. The minimum atomic E-state index is -1.00. The summed E-state index contributed by atoms with van der Waals surface area (Å²) < 4.78 is 54.4. The molecule has 4 heterocycles. The van der Waals surface area contributed by atoms with Crippen LogP contribution in [-0.2, 0) is 0 Å². The van der Waals surface area contributed by atoms with Crippen LogP contribution in [0.2, 0.25) is 0 Å². The van der Waals surface area contributed by atoms with Crippen molar-refractivity contribution >= 4 is 22.5 Å². The van der Waals surface area contributed by atoms with Crippen LogP contribution in [0.5, 0.6) is 11.6 Å². The average molecular weight is 426 g/mol. The highest BCUT2D eigenvalue weighted by molar-refractivity contribution is 5.83. The number of aromatic amines is 2. The predicted molar refractivity (Wildman–Crippen MR) is 105 cm³/mol. The lowest BCUT2D eigenvalue weighted by Crippen LogP contribution is -2.02. The summed E-state index contributed by atoms with van der Waals surface area (Å²) in [6.07, 6.45) is 2.53. The summed E-state index contributed by atoms with van der Waals surface area (Å²) >= 11 is 0. The minimum absolute atomic E-state index is 0.00115. The molecule has 5 rings (SSSR count). The fraction of sp³-hybridized carbons (Fsp3) is 0.0500. The zero-order valence-electron chi connectivity index (χ0n) is 15.8. The first-order valence-corrected chi connectivity index (χ1v) is 9.01. The number of aromatic nitrogens is 5. The van der Waals surface area contributed by atoms with Crippen LogP contribution in [0.1, 0.15) is 5.69 Å². The number of furan rings is 1. The van der Waals surface area contributed by atoms with Crippen LogP contribution in [0.25, 0.3) is 22.4 Å². The van der Waals surface area contributed by atoms with Crippen molar-refractivity contribution < 1.29 is 22.3 Å². The van der Waals surface area contributed by atoms with Crippen molar-refractivity contribution in [3.8, 4) is 23.1 Å². The van der Waals surface area contributed by atoms with Gasteiger partial charge in [0.1, 0.15) is 12.0 Å². The zero-order valence-corrected chi connectivity index (χ0v) is 15.8. The van der Waals surface area contributed by atoms with Gasteiger partial charge in [0.05, 0.1) is 11.8 Å². The number of aryl methyl sites for hydroxylation is 1. The van der Waals surface area contributed by atoms with E-state index in [0.29, 0.717) is 17.1 Å². The quantitative estimate of drug-likeness (QED) is 0.357. The van der Waals surface area contributed by atoms with Crippen LogP contribution in [0.15, 0.2) is 47.3 Å². The average Bonchev–Trinajstić information content (AvgIpc) is 3.49. The van der Waals surface area contributed by atoms with Gasteiger partial charge < -0.3 is 19.5 Å². The number of anilines is 2. The molecule has 5 aromatic rings. The zero-order chi connectivity index (χ0) is 21.5. The Bertz CT molecular complexity index is 1390. The second-order valence-electron chi connectivity index (χ2n) is 6.62. The summed E-state index contributed by atoms with van der Waals surface area (Å²) in [6, 6.07) is 7.28. The number of hydrogen-bond donors (Lipinski definition) is 3. The van der Waals surface area contributed by atoms with Gasteiger partial charge in [-0.05, 0) is 25.1 Å². The molecule has 31 heavy (non-hydrogen) atoms. The van der Waals surface area contributed by atoms with Crippen molar-refractivity contribution in [3.05, 3.63) is 66.1 Å². The molecule has 3 N–H and O–H groups in total. The molecule has 0 aliphatic carbocycles. The van der Waals surface area contributed by atoms with Crippen molar-refractivity contribution in [2.75, 3.05) is 5.32 Å². The first kappa shape index (κ1) is 18.7. The van der Waals surface area contributed by atoms with E-state index in [9.17, 15) is 13.2 Å². The summed E-state index contributed by atoms with van der Waals surface area (Å²) in [6.45, 7) is 1.66.